The van der Waals surface area contributed by atoms with Crippen LogP contribution >= 0.6 is 24.8 Å². The maximum Gasteiger partial charge on any atom is 0.239 e. The summed E-state index contributed by atoms with van der Waals surface area (Å²) in [6.45, 7) is 4.28. The summed E-state index contributed by atoms with van der Waals surface area (Å²) in [7, 11) is 0. The monoisotopic (exact) mass is 307 g/mol. The van der Waals surface area contributed by atoms with Crippen LogP contribution in [0.4, 0.5) is 0 Å². The van der Waals surface area contributed by atoms with Crippen LogP contribution in [0.15, 0.2) is 18.3 Å². The molecule has 1 unspecified atom stereocenters. The number of hydrogen-bond acceptors (Lipinski definition) is 4. The molecule has 1 aromatic rings. The van der Waals surface area contributed by atoms with E-state index in [0.29, 0.717) is 19.8 Å². The first kappa shape index (κ1) is 18.1. The second kappa shape index (κ2) is 9.09. The number of nitrogens with one attached hydrogen (secondary N) is 2. The molecule has 1 saturated heterocycles. The number of aryl methyl sites for hydroxylation is 1. The van der Waals surface area contributed by atoms with Gasteiger partial charge in [0.1, 0.15) is 6.04 Å². The Balaban J connectivity index is 0.00000162. The van der Waals surface area contributed by atoms with E-state index in [4.69, 9.17) is 4.74 Å². The van der Waals surface area contributed by atoms with Crippen molar-refractivity contribution in [3.63, 3.8) is 0 Å². The van der Waals surface area contributed by atoms with Gasteiger partial charge >= 0.3 is 0 Å². The highest BCUT2D eigenvalue weighted by atomic mass is 35.5. The van der Waals surface area contributed by atoms with Gasteiger partial charge in [-0.3, -0.25) is 9.78 Å². The number of ether oxygens (including phenoxy) is 1. The van der Waals surface area contributed by atoms with Crippen molar-refractivity contribution in [2.24, 2.45) is 0 Å². The lowest BCUT2D eigenvalue weighted by Crippen LogP contribution is -2.51. The predicted octanol–water partition coefficient (Wildman–Crippen LogP) is 0.838. The van der Waals surface area contributed by atoms with Crippen LogP contribution in [0, 0.1) is 6.92 Å². The van der Waals surface area contributed by atoms with Crippen molar-refractivity contribution >= 4 is 30.7 Å². The Labute approximate surface area is 125 Å². The van der Waals surface area contributed by atoms with Gasteiger partial charge in [0.15, 0.2) is 0 Å². The molecule has 2 rings (SSSR count). The van der Waals surface area contributed by atoms with Gasteiger partial charge in [-0.25, -0.2) is 0 Å². The second-order valence-corrected chi connectivity index (χ2v) is 4.11. The van der Waals surface area contributed by atoms with Gasteiger partial charge in [0.05, 0.1) is 13.2 Å². The summed E-state index contributed by atoms with van der Waals surface area (Å²) in [6, 6.07) is 3.67. The van der Waals surface area contributed by atoms with Crippen LogP contribution in [0.3, 0.4) is 0 Å². The van der Waals surface area contributed by atoms with Crippen molar-refractivity contribution in [1.29, 1.82) is 0 Å². The number of pyridine rings is 1. The van der Waals surface area contributed by atoms with E-state index in [1.54, 1.807) is 6.20 Å². The van der Waals surface area contributed by atoms with E-state index >= 15 is 0 Å². The van der Waals surface area contributed by atoms with Gasteiger partial charge in [0.2, 0.25) is 5.91 Å². The highest BCUT2D eigenvalue weighted by molar-refractivity contribution is 5.85. The molecule has 0 saturated carbocycles. The van der Waals surface area contributed by atoms with Gasteiger partial charge in [-0.1, -0.05) is 6.07 Å². The van der Waals surface area contributed by atoms with Crippen LogP contribution in [0.25, 0.3) is 0 Å². The van der Waals surface area contributed by atoms with Crippen LogP contribution in [-0.4, -0.2) is 36.7 Å². The molecule has 0 bridgehead atoms. The minimum Gasteiger partial charge on any atom is -0.378 e. The smallest absolute Gasteiger partial charge is 0.239 e. The largest absolute Gasteiger partial charge is 0.378 e. The Kier molecular flexibility index (Phi) is 8.67. The summed E-state index contributed by atoms with van der Waals surface area (Å²) in [5.74, 6) is -0.0229. The Morgan fingerprint density at radius 1 is 1.53 bits per heavy atom. The Hall–Kier alpha value is -0.880. The normalized spacial score (nSPS) is 17.8. The molecule has 1 aliphatic heterocycles. The van der Waals surface area contributed by atoms with Crippen molar-refractivity contribution in [3.05, 3.63) is 29.6 Å². The van der Waals surface area contributed by atoms with Gasteiger partial charge in [-0.15, -0.1) is 24.8 Å². The third-order valence-corrected chi connectivity index (χ3v) is 2.68. The number of rotatable bonds is 3. The van der Waals surface area contributed by atoms with Crippen LogP contribution in [0.5, 0.6) is 0 Å². The number of carbonyl (C=O) groups is 1. The van der Waals surface area contributed by atoms with Gasteiger partial charge in [0, 0.05) is 25.0 Å². The third kappa shape index (κ3) is 5.74. The molecule has 0 aliphatic carbocycles. The van der Waals surface area contributed by atoms with Gasteiger partial charge < -0.3 is 15.4 Å². The topological polar surface area (TPSA) is 63.2 Å². The number of halogens is 2. The minimum atomic E-state index is -0.234. The first-order valence-corrected chi connectivity index (χ1v) is 5.76. The first-order chi connectivity index (χ1) is 8.25. The fourth-order valence-corrected chi connectivity index (χ4v) is 1.65. The summed E-state index contributed by atoms with van der Waals surface area (Å²) in [4.78, 5) is 15.9. The van der Waals surface area contributed by atoms with E-state index in [1.165, 1.54) is 0 Å². The summed E-state index contributed by atoms with van der Waals surface area (Å²) < 4.78 is 5.24. The molecule has 2 heterocycles. The Morgan fingerprint density at radius 3 is 2.89 bits per heavy atom. The standard InChI is InChI=1S/C12H17N3O2.2ClH/c1-9-2-3-10(6-14-9)7-15-12(16)11-8-17-5-4-13-11;;/h2-3,6,11,13H,4-5,7-8H2,1H3,(H,15,16);2*1H. The SMILES string of the molecule is Cc1ccc(CNC(=O)C2COCCN2)cn1.Cl.Cl. The van der Waals surface area contributed by atoms with E-state index in [1.807, 2.05) is 19.1 Å². The molecular formula is C12H19Cl2N3O2. The summed E-state index contributed by atoms with van der Waals surface area (Å²) in [6.07, 6.45) is 1.78. The fraction of sp³-hybridized carbons (Fsp3) is 0.500. The van der Waals surface area contributed by atoms with Crippen molar-refractivity contribution in [2.45, 2.75) is 19.5 Å². The van der Waals surface area contributed by atoms with E-state index < -0.39 is 0 Å². The predicted molar refractivity (Wildman–Crippen MR) is 77.9 cm³/mol. The van der Waals surface area contributed by atoms with Crippen LogP contribution in [0.1, 0.15) is 11.3 Å². The lowest BCUT2D eigenvalue weighted by molar-refractivity contribution is -0.126. The van der Waals surface area contributed by atoms with Crippen molar-refractivity contribution in [1.82, 2.24) is 15.6 Å². The van der Waals surface area contributed by atoms with E-state index in [-0.39, 0.29) is 36.8 Å². The van der Waals surface area contributed by atoms with E-state index in [9.17, 15) is 4.79 Å². The lowest BCUT2D eigenvalue weighted by atomic mass is 10.2. The van der Waals surface area contributed by atoms with Gasteiger partial charge in [-0.05, 0) is 18.6 Å². The fourth-order valence-electron chi connectivity index (χ4n) is 1.65. The summed E-state index contributed by atoms with van der Waals surface area (Å²) in [5, 5.41) is 5.98. The molecule has 1 aromatic heterocycles. The molecule has 2 N–H and O–H groups in total. The van der Waals surface area contributed by atoms with E-state index in [0.717, 1.165) is 17.8 Å². The highest BCUT2D eigenvalue weighted by Gasteiger charge is 2.20. The number of amides is 1. The maximum absolute atomic E-state index is 11.8. The number of nitrogens with zero attached hydrogens (tertiary/aromatic N) is 1. The average molecular weight is 308 g/mol. The van der Waals surface area contributed by atoms with Crippen molar-refractivity contribution in [3.8, 4) is 0 Å². The van der Waals surface area contributed by atoms with Crippen molar-refractivity contribution in [2.75, 3.05) is 19.8 Å². The molecule has 1 aliphatic rings. The molecule has 5 nitrogen and oxygen atoms in total. The van der Waals surface area contributed by atoms with Crippen LogP contribution in [-0.2, 0) is 16.1 Å². The molecular weight excluding hydrogens is 289 g/mol. The Morgan fingerprint density at radius 2 is 2.32 bits per heavy atom. The highest BCUT2D eigenvalue weighted by Crippen LogP contribution is 1.99. The quantitative estimate of drug-likeness (QED) is 0.868. The second-order valence-electron chi connectivity index (χ2n) is 4.11. The van der Waals surface area contributed by atoms with Crippen LogP contribution in [0.2, 0.25) is 0 Å². The lowest BCUT2D eigenvalue weighted by Gasteiger charge is -2.22. The molecule has 19 heavy (non-hydrogen) atoms. The molecule has 108 valence electrons. The molecule has 0 spiro atoms. The van der Waals surface area contributed by atoms with Gasteiger partial charge in [-0.2, -0.15) is 0 Å². The average Bonchev–Trinajstić information content (AvgIpc) is 2.39. The molecule has 0 radical (unpaired) electrons. The Bertz CT molecular complexity index is 381. The third-order valence-electron chi connectivity index (χ3n) is 2.68. The van der Waals surface area contributed by atoms with Crippen molar-refractivity contribution < 1.29 is 9.53 Å². The number of carbonyl (C=O) groups excluding carboxylic acids is 1. The number of aromatic nitrogens is 1. The zero-order valence-electron chi connectivity index (χ0n) is 10.7. The molecule has 1 atom stereocenters. The molecule has 7 heteroatoms. The first-order valence-electron chi connectivity index (χ1n) is 5.76. The zero-order valence-corrected chi connectivity index (χ0v) is 12.4. The molecule has 1 fully saturated rings. The number of hydrogen-bond donors (Lipinski definition) is 2. The molecule has 0 aromatic carbocycles. The maximum atomic E-state index is 11.8. The van der Waals surface area contributed by atoms with E-state index in [2.05, 4.69) is 15.6 Å². The summed E-state index contributed by atoms with van der Waals surface area (Å²) in [5.41, 5.74) is 1.98. The molecule has 1 amide bonds. The van der Waals surface area contributed by atoms with Gasteiger partial charge in [0.25, 0.3) is 0 Å². The summed E-state index contributed by atoms with van der Waals surface area (Å²) >= 11 is 0. The van der Waals surface area contributed by atoms with Crippen LogP contribution < -0.4 is 10.6 Å². The number of morpholine rings is 1. The minimum absolute atomic E-state index is 0. The zero-order chi connectivity index (χ0) is 12.1.